The van der Waals surface area contributed by atoms with Crippen molar-refractivity contribution >= 4 is 33.8 Å². The molecule has 2 aromatic rings. The standard InChI is InChI=1S/C14H20N4OS2/c1-9-12(14(15-2)21-17-9)13(19)16-7-11(18(3)4)10-5-6-20-8-10/h5-6,8,11,15H,7H2,1-4H3,(H,16,19)/t11-/m0/s1. The lowest BCUT2D eigenvalue weighted by Crippen LogP contribution is -2.34. The van der Waals surface area contributed by atoms with Gasteiger partial charge in [0, 0.05) is 13.6 Å². The van der Waals surface area contributed by atoms with Crippen LogP contribution in [0, 0.1) is 6.92 Å². The molecule has 1 amide bonds. The van der Waals surface area contributed by atoms with Gasteiger partial charge < -0.3 is 15.5 Å². The second kappa shape index (κ2) is 7.02. The number of nitrogens with one attached hydrogen (secondary N) is 2. The molecule has 2 N–H and O–H groups in total. The normalized spacial score (nSPS) is 12.4. The minimum absolute atomic E-state index is 0.0762. The molecule has 7 heteroatoms. The van der Waals surface area contributed by atoms with E-state index in [1.807, 2.05) is 21.0 Å². The monoisotopic (exact) mass is 324 g/mol. The first kappa shape index (κ1) is 15.9. The van der Waals surface area contributed by atoms with Gasteiger partial charge in [0.05, 0.1) is 17.3 Å². The summed E-state index contributed by atoms with van der Waals surface area (Å²) in [4.78, 5) is 14.5. The quantitative estimate of drug-likeness (QED) is 0.857. The highest BCUT2D eigenvalue weighted by atomic mass is 32.1. The molecule has 114 valence electrons. The lowest BCUT2D eigenvalue weighted by Gasteiger charge is -2.24. The molecule has 0 bridgehead atoms. The summed E-state index contributed by atoms with van der Waals surface area (Å²) in [6.45, 7) is 2.43. The molecule has 0 aliphatic rings. The maximum Gasteiger partial charge on any atom is 0.256 e. The summed E-state index contributed by atoms with van der Waals surface area (Å²) in [5.41, 5.74) is 2.63. The maximum absolute atomic E-state index is 12.4. The summed E-state index contributed by atoms with van der Waals surface area (Å²) in [6, 6.07) is 2.27. The van der Waals surface area contributed by atoms with Gasteiger partial charge in [0.15, 0.2) is 0 Å². The van der Waals surface area contributed by atoms with E-state index in [4.69, 9.17) is 0 Å². The summed E-state index contributed by atoms with van der Waals surface area (Å²) in [7, 11) is 5.84. The number of carbonyl (C=O) groups is 1. The summed E-state index contributed by atoms with van der Waals surface area (Å²) >= 11 is 2.98. The number of anilines is 1. The van der Waals surface area contributed by atoms with Gasteiger partial charge in [-0.3, -0.25) is 4.79 Å². The third kappa shape index (κ3) is 3.61. The molecule has 0 unspecified atom stereocenters. The van der Waals surface area contributed by atoms with E-state index in [2.05, 4.69) is 36.7 Å². The molecule has 0 aromatic carbocycles. The number of carbonyl (C=O) groups excluding carboxylic acids is 1. The first-order chi connectivity index (χ1) is 10.0. The Morgan fingerprint density at radius 1 is 1.48 bits per heavy atom. The van der Waals surface area contributed by atoms with Gasteiger partial charge in [-0.25, -0.2) is 0 Å². The third-order valence-electron chi connectivity index (χ3n) is 3.32. The molecule has 2 heterocycles. The van der Waals surface area contributed by atoms with Gasteiger partial charge in [-0.1, -0.05) is 0 Å². The predicted molar refractivity (Wildman–Crippen MR) is 89.5 cm³/mol. The molecule has 1 atom stereocenters. The predicted octanol–water partition coefficient (Wildman–Crippen LogP) is 2.59. The van der Waals surface area contributed by atoms with Crippen molar-refractivity contribution in [2.75, 3.05) is 33.0 Å². The van der Waals surface area contributed by atoms with Crippen molar-refractivity contribution in [1.82, 2.24) is 14.6 Å². The van der Waals surface area contributed by atoms with E-state index >= 15 is 0 Å². The number of hydrogen-bond acceptors (Lipinski definition) is 6. The van der Waals surface area contributed by atoms with E-state index in [-0.39, 0.29) is 11.9 Å². The Hall–Kier alpha value is -1.44. The zero-order valence-corrected chi connectivity index (χ0v) is 14.3. The van der Waals surface area contributed by atoms with Gasteiger partial charge in [0.2, 0.25) is 0 Å². The second-order valence-electron chi connectivity index (χ2n) is 4.97. The van der Waals surface area contributed by atoms with Gasteiger partial charge in [0.25, 0.3) is 5.91 Å². The Kier molecular flexibility index (Phi) is 5.33. The van der Waals surface area contributed by atoms with Crippen LogP contribution in [0.3, 0.4) is 0 Å². The lowest BCUT2D eigenvalue weighted by molar-refractivity contribution is 0.0942. The largest absolute Gasteiger partial charge is 0.378 e. The summed E-state index contributed by atoms with van der Waals surface area (Å²) in [5.74, 6) is -0.0762. The Morgan fingerprint density at radius 3 is 2.81 bits per heavy atom. The molecule has 2 rings (SSSR count). The van der Waals surface area contributed by atoms with E-state index < -0.39 is 0 Å². The fraction of sp³-hybridized carbons (Fsp3) is 0.429. The molecule has 21 heavy (non-hydrogen) atoms. The number of amides is 1. The molecule has 2 aromatic heterocycles. The first-order valence-corrected chi connectivity index (χ1v) is 8.37. The van der Waals surface area contributed by atoms with E-state index in [0.29, 0.717) is 12.1 Å². The number of thiophene rings is 1. The van der Waals surface area contributed by atoms with Gasteiger partial charge in [-0.15, -0.1) is 0 Å². The summed E-state index contributed by atoms with van der Waals surface area (Å²) in [5, 5.41) is 11.0. The highest BCUT2D eigenvalue weighted by Gasteiger charge is 2.20. The molecule has 0 aliphatic heterocycles. The van der Waals surface area contributed by atoms with Crippen molar-refractivity contribution in [1.29, 1.82) is 0 Å². The van der Waals surface area contributed by atoms with Crippen molar-refractivity contribution in [3.05, 3.63) is 33.6 Å². The van der Waals surface area contributed by atoms with Crippen LogP contribution in [-0.2, 0) is 0 Å². The second-order valence-corrected chi connectivity index (χ2v) is 6.52. The highest BCUT2D eigenvalue weighted by Crippen LogP contribution is 2.24. The number of aromatic nitrogens is 1. The Labute approximate surface area is 133 Å². The zero-order chi connectivity index (χ0) is 15.4. The van der Waals surface area contributed by atoms with Gasteiger partial charge >= 0.3 is 0 Å². The lowest BCUT2D eigenvalue weighted by atomic mass is 10.1. The van der Waals surface area contributed by atoms with Crippen LogP contribution < -0.4 is 10.6 Å². The molecule has 0 saturated heterocycles. The molecule has 0 fully saturated rings. The summed E-state index contributed by atoms with van der Waals surface area (Å²) < 4.78 is 4.23. The van der Waals surface area contributed by atoms with E-state index in [1.54, 1.807) is 18.4 Å². The number of rotatable bonds is 6. The van der Waals surface area contributed by atoms with Crippen LogP contribution in [0.1, 0.15) is 27.7 Å². The van der Waals surface area contributed by atoms with Gasteiger partial charge in [-0.2, -0.15) is 15.7 Å². The topological polar surface area (TPSA) is 57.3 Å². The SMILES string of the molecule is CNc1snc(C)c1C(=O)NC[C@@H](c1ccsc1)N(C)C. The van der Waals surface area contributed by atoms with Gasteiger partial charge in [0.1, 0.15) is 5.00 Å². The van der Waals surface area contributed by atoms with Crippen molar-refractivity contribution in [2.24, 2.45) is 0 Å². The van der Waals surface area contributed by atoms with Crippen LogP contribution in [0.4, 0.5) is 5.00 Å². The maximum atomic E-state index is 12.4. The van der Waals surface area contributed by atoms with Crippen LogP contribution in [0.2, 0.25) is 0 Å². The first-order valence-electron chi connectivity index (χ1n) is 6.65. The summed E-state index contributed by atoms with van der Waals surface area (Å²) in [6.07, 6.45) is 0. The molecule has 0 aliphatic carbocycles. The van der Waals surface area contributed by atoms with Crippen LogP contribution in [0.5, 0.6) is 0 Å². The Morgan fingerprint density at radius 2 is 2.24 bits per heavy atom. The number of hydrogen-bond donors (Lipinski definition) is 2. The molecule has 0 saturated carbocycles. The Balaban J connectivity index is 2.07. The third-order valence-corrected chi connectivity index (χ3v) is 4.98. The fourth-order valence-electron chi connectivity index (χ4n) is 2.15. The Bertz CT molecular complexity index is 592. The zero-order valence-electron chi connectivity index (χ0n) is 12.6. The molecule has 0 spiro atoms. The van der Waals surface area contributed by atoms with Crippen molar-refractivity contribution in [3.63, 3.8) is 0 Å². The minimum Gasteiger partial charge on any atom is -0.378 e. The highest BCUT2D eigenvalue weighted by molar-refractivity contribution is 7.10. The molecule has 0 radical (unpaired) electrons. The van der Waals surface area contributed by atoms with Crippen LogP contribution in [-0.4, -0.2) is 42.9 Å². The number of aryl methyl sites for hydroxylation is 1. The van der Waals surface area contributed by atoms with Crippen LogP contribution in [0.25, 0.3) is 0 Å². The number of likely N-dealkylation sites (N-methyl/N-ethyl adjacent to an activating group) is 1. The van der Waals surface area contributed by atoms with Crippen molar-refractivity contribution in [2.45, 2.75) is 13.0 Å². The van der Waals surface area contributed by atoms with E-state index in [9.17, 15) is 4.79 Å². The van der Waals surface area contributed by atoms with Crippen molar-refractivity contribution in [3.8, 4) is 0 Å². The van der Waals surface area contributed by atoms with E-state index in [0.717, 1.165) is 10.7 Å². The fourth-order valence-corrected chi connectivity index (χ4v) is 3.60. The minimum atomic E-state index is -0.0762. The number of nitrogens with zero attached hydrogens (tertiary/aromatic N) is 2. The smallest absolute Gasteiger partial charge is 0.256 e. The average molecular weight is 324 g/mol. The van der Waals surface area contributed by atoms with E-state index in [1.165, 1.54) is 17.1 Å². The van der Waals surface area contributed by atoms with Crippen LogP contribution >= 0.6 is 22.9 Å². The average Bonchev–Trinajstić information content (AvgIpc) is 3.07. The molecular weight excluding hydrogens is 304 g/mol. The van der Waals surface area contributed by atoms with Gasteiger partial charge in [-0.05, 0) is 54.9 Å². The van der Waals surface area contributed by atoms with Crippen molar-refractivity contribution < 1.29 is 4.79 Å². The molecular formula is C14H20N4OS2. The molecule has 5 nitrogen and oxygen atoms in total. The van der Waals surface area contributed by atoms with Crippen LogP contribution in [0.15, 0.2) is 16.8 Å².